The second-order valence-electron chi connectivity index (χ2n) is 11.7. The number of pyridine rings is 2. The van der Waals surface area contributed by atoms with Gasteiger partial charge < -0.3 is 14.2 Å². The molecule has 210 valence electrons. The van der Waals surface area contributed by atoms with E-state index in [2.05, 4.69) is 31.5 Å². The number of hydrogen-bond donors (Lipinski definition) is 1. The zero-order valence-corrected chi connectivity index (χ0v) is 23.7. The Morgan fingerprint density at radius 1 is 1.10 bits per heavy atom. The van der Waals surface area contributed by atoms with Crippen molar-refractivity contribution in [2.24, 2.45) is 11.8 Å². The molecule has 0 amide bonds. The number of aromatic nitrogens is 6. The number of halogens is 1. The molecule has 2 aliphatic carbocycles. The van der Waals surface area contributed by atoms with Crippen LogP contribution in [0.3, 0.4) is 0 Å². The number of anilines is 1. The molecule has 2 atom stereocenters. The summed E-state index contributed by atoms with van der Waals surface area (Å²) in [5, 5.41) is 4.49. The molecule has 2 saturated carbocycles. The lowest BCUT2D eigenvalue weighted by atomic mass is 9.83. The highest BCUT2D eigenvalue weighted by Crippen LogP contribution is 2.41. The van der Waals surface area contributed by atoms with Crippen molar-refractivity contribution in [1.82, 2.24) is 29.7 Å². The van der Waals surface area contributed by atoms with Crippen LogP contribution < -0.4 is 10.7 Å². The van der Waals surface area contributed by atoms with E-state index < -0.39 is 5.76 Å². The Morgan fingerprint density at radius 3 is 2.73 bits per heavy atom. The van der Waals surface area contributed by atoms with Gasteiger partial charge in [-0.2, -0.15) is 0 Å². The summed E-state index contributed by atoms with van der Waals surface area (Å²) in [5.74, 6) is 1.96. The summed E-state index contributed by atoms with van der Waals surface area (Å²) < 4.78 is 13.4. The standard InChI is InChI=1S/C29H34ClN7O3/c1-16-6-8-18(9-7-16)15-37-26-23(33-28(37)36-10-11-39-22-5-3-4-21(22)36)17(2)24(27-34-29(38)40-35-27)32-25(26)19-12-20(30)14-31-13-19/h12-14,16,18,21-22H,3-11,15H2,1-2H3,(H,34,35,38)/t16-,18-,21-,22-/m1/s1. The predicted octanol–water partition coefficient (Wildman–Crippen LogP) is 5.38. The first-order valence-electron chi connectivity index (χ1n) is 14.4. The third-order valence-corrected chi connectivity index (χ3v) is 9.27. The molecule has 1 N–H and O–H groups in total. The van der Waals surface area contributed by atoms with Gasteiger partial charge in [0.15, 0.2) is 0 Å². The lowest BCUT2D eigenvalue weighted by Gasteiger charge is -2.39. The molecule has 5 heterocycles. The van der Waals surface area contributed by atoms with Crippen molar-refractivity contribution in [3.05, 3.63) is 39.6 Å². The molecule has 11 heteroatoms. The van der Waals surface area contributed by atoms with Gasteiger partial charge >= 0.3 is 5.76 Å². The maximum Gasteiger partial charge on any atom is 0.439 e. The van der Waals surface area contributed by atoms with Crippen LogP contribution in [0.1, 0.15) is 57.4 Å². The first-order chi connectivity index (χ1) is 19.5. The van der Waals surface area contributed by atoms with Gasteiger partial charge in [0.05, 0.1) is 40.5 Å². The summed E-state index contributed by atoms with van der Waals surface area (Å²) in [5.41, 5.74) is 4.67. The largest absolute Gasteiger partial charge is 0.439 e. The van der Waals surface area contributed by atoms with Gasteiger partial charge in [0.1, 0.15) is 5.69 Å². The van der Waals surface area contributed by atoms with Gasteiger partial charge in [-0.3, -0.25) is 14.5 Å². The molecule has 40 heavy (non-hydrogen) atoms. The molecule has 0 aromatic carbocycles. The summed E-state index contributed by atoms with van der Waals surface area (Å²) in [7, 11) is 0. The fourth-order valence-corrected chi connectivity index (χ4v) is 7.12. The Hall–Kier alpha value is -3.24. The molecular weight excluding hydrogens is 530 g/mol. The second-order valence-corrected chi connectivity index (χ2v) is 12.2. The number of aryl methyl sites for hydroxylation is 1. The van der Waals surface area contributed by atoms with Crippen molar-refractivity contribution in [3.8, 4) is 22.8 Å². The van der Waals surface area contributed by atoms with E-state index >= 15 is 0 Å². The Kier molecular flexibility index (Phi) is 6.62. The number of nitrogens with zero attached hydrogens (tertiary/aromatic N) is 6. The number of morpholine rings is 1. The highest BCUT2D eigenvalue weighted by Gasteiger charge is 2.39. The van der Waals surface area contributed by atoms with Crippen LogP contribution in [-0.2, 0) is 11.3 Å². The summed E-state index contributed by atoms with van der Waals surface area (Å²) in [6.07, 6.45) is 11.9. The van der Waals surface area contributed by atoms with E-state index in [0.29, 0.717) is 35.0 Å². The Balaban J connectivity index is 1.48. The predicted molar refractivity (Wildman–Crippen MR) is 152 cm³/mol. The van der Waals surface area contributed by atoms with E-state index in [1.54, 1.807) is 12.4 Å². The maximum absolute atomic E-state index is 11.9. The van der Waals surface area contributed by atoms with E-state index in [-0.39, 0.29) is 11.9 Å². The molecule has 3 fully saturated rings. The molecule has 0 radical (unpaired) electrons. The van der Waals surface area contributed by atoms with Crippen molar-refractivity contribution in [3.63, 3.8) is 0 Å². The number of ether oxygens (including phenoxy) is 1. The number of H-pyrrole nitrogens is 1. The molecule has 3 aliphatic rings. The van der Waals surface area contributed by atoms with E-state index in [1.807, 2.05) is 13.0 Å². The van der Waals surface area contributed by atoms with Crippen LogP contribution in [0.4, 0.5) is 5.95 Å². The fourth-order valence-electron chi connectivity index (χ4n) is 6.94. The zero-order valence-electron chi connectivity index (χ0n) is 22.9. The molecule has 1 aliphatic heterocycles. The van der Waals surface area contributed by atoms with E-state index in [1.165, 1.54) is 25.7 Å². The van der Waals surface area contributed by atoms with Crippen LogP contribution in [0.15, 0.2) is 27.8 Å². The lowest BCUT2D eigenvalue weighted by Crippen LogP contribution is -2.49. The minimum Gasteiger partial charge on any atom is -0.374 e. The highest BCUT2D eigenvalue weighted by molar-refractivity contribution is 6.30. The van der Waals surface area contributed by atoms with Crippen molar-refractivity contribution >= 4 is 28.6 Å². The highest BCUT2D eigenvalue weighted by atomic mass is 35.5. The summed E-state index contributed by atoms with van der Waals surface area (Å²) in [6, 6.07) is 2.19. The average molecular weight is 564 g/mol. The smallest absolute Gasteiger partial charge is 0.374 e. The van der Waals surface area contributed by atoms with Crippen molar-refractivity contribution < 1.29 is 9.26 Å². The minimum absolute atomic E-state index is 0.240. The molecule has 4 aromatic rings. The van der Waals surface area contributed by atoms with Gasteiger partial charge in [-0.25, -0.2) is 14.8 Å². The fraction of sp³-hybridized carbons (Fsp3) is 0.552. The van der Waals surface area contributed by atoms with Crippen LogP contribution in [0.5, 0.6) is 0 Å². The summed E-state index contributed by atoms with van der Waals surface area (Å²) in [4.78, 5) is 31.9. The van der Waals surface area contributed by atoms with Gasteiger partial charge in [-0.1, -0.05) is 36.5 Å². The van der Waals surface area contributed by atoms with Gasteiger partial charge in [-0.15, -0.1) is 0 Å². The lowest BCUT2D eigenvalue weighted by molar-refractivity contribution is 0.0247. The van der Waals surface area contributed by atoms with Crippen LogP contribution >= 0.6 is 11.6 Å². The van der Waals surface area contributed by atoms with Crippen LogP contribution in [0.25, 0.3) is 33.8 Å². The van der Waals surface area contributed by atoms with Crippen LogP contribution in [-0.4, -0.2) is 55.0 Å². The van der Waals surface area contributed by atoms with Gasteiger partial charge in [0.25, 0.3) is 0 Å². The molecule has 10 nitrogen and oxygen atoms in total. The van der Waals surface area contributed by atoms with Crippen molar-refractivity contribution in [2.75, 3.05) is 18.1 Å². The Morgan fingerprint density at radius 2 is 1.95 bits per heavy atom. The van der Waals surface area contributed by atoms with Gasteiger partial charge in [0, 0.05) is 36.6 Å². The monoisotopic (exact) mass is 563 g/mol. The molecular formula is C29H34ClN7O3. The van der Waals surface area contributed by atoms with Crippen LogP contribution in [0.2, 0.25) is 5.02 Å². The first kappa shape index (κ1) is 25.7. The van der Waals surface area contributed by atoms with Crippen molar-refractivity contribution in [2.45, 2.75) is 77.5 Å². The van der Waals surface area contributed by atoms with Gasteiger partial charge in [0.2, 0.25) is 11.8 Å². The molecule has 7 rings (SSSR count). The number of nitrogens with one attached hydrogen (secondary N) is 1. The third kappa shape index (κ3) is 4.51. The zero-order chi connectivity index (χ0) is 27.4. The molecule has 4 aromatic heterocycles. The number of imidazole rings is 1. The second kappa shape index (κ2) is 10.3. The number of fused-ring (bicyclic) bond motifs is 2. The van der Waals surface area contributed by atoms with E-state index in [4.69, 9.17) is 30.8 Å². The molecule has 0 bridgehead atoms. The summed E-state index contributed by atoms with van der Waals surface area (Å²) in [6.45, 7) is 6.71. The maximum atomic E-state index is 11.9. The SMILES string of the molecule is Cc1c(-c2noc(=O)[nH]2)nc(-c2cncc(Cl)c2)c2c1nc(N1CCO[C@@H]3CCC[C@H]31)n2C[C@H]1CC[C@H](C)CC1. The third-order valence-electron chi connectivity index (χ3n) is 9.06. The minimum atomic E-state index is -0.624. The Bertz CT molecular complexity index is 1600. The Labute approximate surface area is 237 Å². The van der Waals surface area contributed by atoms with Gasteiger partial charge in [-0.05, 0) is 56.9 Å². The number of rotatable bonds is 5. The van der Waals surface area contributed by atoms with E-state index in [9.17, 15) is 4.79 Å². The van der Waals surface area contributed by atoms with Crippen molar-refractivity contribution in [1.29, 1.82) is 0 Å². The first-order valence-corrected chi connectivity index (χ1v) is 14.8. The average Bonchev–Trinajstić information content (AvgIpc) is 3.69. The molecule has 1 saturated heterocycles. The summed E-state index contributed by atoms with van der Waals surface area (Å²) >= 11 is 6.42. The number of hydrogen-bond acceptors (Lipinski definition) is 8. The topological polar surface area (TPSA) is 115 Å². The molecule has 0 spiro atoms. The normalized spacial score (nSPS) is 25.0. The quantitative estimate of drug-likeness (QED) is 0.344. The number of aromatic amines is 1. The van der Waals surface area contributed by atoms with E-state index in [0.717, 1.165) is 66.4 Å². The molecule has 0 unspecified atom stereocenters. The van der Waals surface area contributed by atoms with Crippen LogP contribution in [0, 0.1) is 18.8 Å².